The SMILES string of the molecule is c1ccc(-c2ccc(N(c3cccc(-c4cccc5c4c4c(-c6ccccc6)cccc4n5-c4ccccc4)c3)c3ccccc3-c3ccccc3)cc2)cc1. The summed E-state index contributed by atoms with van der Waals surface area (Å²) in [6.07, 6.45) is 0. The molecular formula is C54H38N2. The Morgan fingerprint density at radius 2 is 0.732 bits per heavy atom. The number of nitrogens with zero attached hydrogens (tertiary/aromatic N) is 2. The van der Waals surface area contributed by atoms with Crippen LogP contribution in [0.5, 0.6) is 0 Å². The predicted molar refractivity (Wildman–Crippen MR) is 237 cm³/mol. The largest absolute Gasteiger partial charge is 0.310 e. The minimum absolute atomic E-state index is 1.09. The third-order valence-electron chi connectivity index (χ3n) is 10.8. The van der Waals surface area contributed by atoms with E-state index in [4.69, 9.17) is 0 Å². The monoisotopic (exact) mass is 714 g/mol. The van der Waals surface area contributed by atoms with E-state index in [-0.39, 0.29) is 0 Å². The summed E-state index contributed by atoms with van der Waals surface area (Å²) < 4.78 is 2.42. The zero-order valence-electron chi connectivity index (χ0n) is 30.8. The van der Waals surface area contributed by atoms with Crippen LogP contribution in [0.25, 0.3) is 72.0 Å². The summed E-state index contributed by atoms with van der Waals surface area (Å²) in [4.78, 5) is 2.41. The summed E-state index contributed by atoms with van der Waals surface area (Å²) in [7, 11) is 0. The molecule has 0 aliphatic carbocycles. The molecule has 1 aromatic heterocycles. The van der Waals surface area contributed by atoms with Gasteiger partial charge in [0.1, 0.15) is 0 Å². The topological polar surface area (TPSA) is 8.17 Å². The molecule has 0 amide bonds. The molecule has 0 saturated carbocycles. The van der Waals surface area contributed by atoms with E-state index < -0.39 is 0 Å². The maximum atomic E-state index is 2.42. The Labute approximate surface area is 327 Å². The zero-order valence-corrected chi connectivity index (χ0v) is 30.8. The Bertz CT molecular complexity index is 2930. The van der Waals surface area contributed by atoms with E-state index in [1.807, 2.05) is 0 Å². The molecule has 2 heteroatoms. The molecular weight excluding hydrogens is 677 g/mol. The first kappa shape index (κ1) is 33.2. The fraction of sp³-hybridized carbons (Fsp3) is 0. The van der Waals surface area contributed by atoms with Crippen LogP contribution in [0.1, 0.15) is 0 Å². The molecule has 0 unspecified atom stereocenters. The summed E-state index contributed by atoms with van der Waals surface area (Å²) in [5.41, 5.74) is 16.3. The number of hydrogen-bond acceptors (Lipinski definition) is 1. The number of fused-ring (bicyclic) bond motifs is 3. The van der Waals surface area contributed by atoms with Gasteiger partial charge in [-0.3, -0.25) is 0 Å². The molecule has 0 N–H and O–H groups in total. The highest BCUT2D eigenvalue weighted by Crippen LogP contribution is 2.46. The van der Waals surface area contributed by atoms with Gasteiger partial charge in [-0.1, -0.05) is 176 Å². The second-order valence-corrected chi connectivity index (χ2v) is 14.1. The molecule has 0 bridgehead atoms. The molecule has 0 aliphatic heterocycles. The predicted octanol–water partition coefficient (Wildman–Crippen LogP) is 14.9. The summed E-state index contributed by atoms with van der Waals surface area (Å²) in [6.45, 7) is 0. The van der Waals surface area contributed by atoms with E-state index in [1.165, 1.54) is 60.8 Å². The number of hydrogen-bond donors (Lipinski definition) is 0. The van der Waals surface area contributed by atoms with Crippen molar-refractivity contribution in [3.8, 4) is 50.2 Å². The third-order valence-corrected chi connectivity index (χ3v) is 10.8. The number of aromatic nitrogens is 1. The second-order valence-electron chi connectivity index (χ2n) is 14.1. The lowest BCUT2D eigenvalue weighted by Crippen LogP contribution is -2.11. The summed E-state index contributed by atoms with van der Waals surface area (Å²) >= 11 is 0. The minimum atomic E-state index is 1.09. The highest BCUT2D eigenvalue weighted by molar-refractivity contribution is 6.20. The lowest BCUT2D eigenvalue weighted by Gasteiger charge is -2.28. The van der Waals surface area contributed by atoms with Gasteiger partial charge in [0.2, 0.25) is 0 Å². The Morgan fingerprint density at radius 3 is 1.36 bits per heavy atom. The lowest BCUT2D eigenvalue weighted by molar-refractivity contribution is 1.18. The van der Waals surface area contributed by atoms with Crippen molar-refractivity contribution in [2.75, 3.05) is 4.90 Å². The Balaban J connectivity index is 1.20. The fourth-order valence-electron chi connectivity index (χ4n) is 8.27. The molecule has 0 fully saturated rings. The number of anilines is 3. The quantitative estimate of drug-likeness (QED) is 0.152. The highest BCUT2D eigenvalue weighted by Gasteiger charge is 2.21. The lowest BCUT2D eigenvalue weighted by atomic mass is 9.94. The van der Waals surface area contributed by atoms with Crippen LogP contribution < -0.4 is 4.90 Å². The van der Waals surface area contributed by atoms with Crippen LogP contribution in [0.2, 0.25) is 0 Å². The smallest absolute Gasteiger partial charge is 0.0547 e. The molecule has 2 nitrogen and oxygen atoms in total. The van der Waals surface area contributed by atoms with Crippen LogP contribution in [-0.2, 0) is 0 Å². The van der Waals surface area contributed by atoms with Gasteiger partial charge in [0.25, 0.3) is 0 Å². The van der Waals surface area contributed by atoms with Crippen molar-refractivity contribution in [3.05, 3.63) is 231 Å². The Kier molecular flexibility index (Phi) is 8.55. The third kappa shape index (κ3) is 5.95. The molecule has 9 aromatic carbocycles. The molecule has 0 saturated heterocycles. The molecule has 56 heavy (non-hydrogen) atoms. The second kappa shape index (κ2) is 14.4. The minimum Gasteiger partial charge on any atom is -0.310 e. The van der Waals surface area contributed by atoms with Gasteiger partial charge in [-0.25, -0.2) is 0 Å². The van der Waals surface area contributed by atoms with Crippen LogP contribution in [0, 0.1) is 0 Å². The van der Waals surface area contributed by atoms with Crippen LogP contribution in [0.4, 0.5) is 17.1 Å². The standard InChI is InChI=1S/C54H38N2/c1-5-18-39(19-6-1)40-34-36-45(37-35-40)55(50-31-14-13-28-47(50)41-20-7-2-8-21-41)46-27-15-24-43(38-46)49-30-17-33-52-54(49)53-48(42-22-9-3-10-23-42)29-16-32-51(53)56(52)44-25-11-4-12-26-44/h1-38H. The summed E-state index contributed by atoms with van der Waals surface area (Å²) in [5.74, 6) is 0. The van der Waals surface area contributed by atoms with Gasteiger partial charge in [-0.05, 0) is 93.5 Å². The van der Waals surface area contributed by atoms with Crippen LogP contribution in [-0.4, -0.2) is 4.57 Å². The van der Waals surface area contributed by atoms with Gasteiger partial charge in [0.15, 0.2) is 0 Å². The molecule has 0 aliphatic rings. The summed E-state index contributed by atoms with van der Waals surface area (Å²) in [6, 6.07) is 83.0. The normalized spacial score (nSPS) is 11.2. The first-order chi connectivity index (χ1) is 27.8. The highest BCUT2D eigenvalue weighted by atomic mass is 15.1. The van der Waals surface area contributed by atoms with Gasteiger partial charge in [-0.15, -0.1) is 0 Å². The van der Waals surface area contributed by atoms with Crippen LogP contribution in [0.3, 0.4) is 0 Å². The zero-order chi connectivity index (χ0) is 37.3. The van der Waals surface area contributed by atoms with E-state index >= 15 is 0 Å². The van der Waals surface area contributed by atoms with Gasteiger partial charge in [0, 0.05) is 33.4 Å². The maximum Gasteiger partial charge on any atom is 0.0547 e. The molecule has 10 rings (SSSR count). The van der Waals surface area contributed by atoms with Gasteiger partial charge < -0.3 is 9.47 Å². The van der Waals surface area contributed by atoms with E-state index in [2.05, 4.69) is 240 Å². The van der Waals surface area contributed by atoms with Crippen molar-refractivity contribution in [1.82, 2.24) is 4.57 Å². The van der Waals surface area contributed by atoms with Crippen LogP contribution in [0.15, 0.2) is 231 Å². The van der Waals surface area contributed by atoms with Crippen molar-refractivity contribution in [3.63, 3.8) is 0 Å². The average molecular weight is 715 g/mol. The maximum absolute atomic E-state index is 2.42. The van der Waals surface area contributed by atoms with Gasteiger partial charge in [0.05, 0.1) is 16.7 Å². The van der Waals surface area contributed by atoms with E-state index in [0.29, 0.717) is 0 Å². The number of benzene rings is 9. The Morgan fingerprint density at radius 1 is 0.286 bits per heavy atom. The molecule has 0 atom stereocenters. The molecule has 264 valence electrons. The first-order valence-electron chi connectivity index (χ1n) is 19.2. The molecule has 0 radical (unpaired) electrons. The van der Waals surface area contributed by atoms with Gasteiger partial charge in [-0.2, -0.15) is 0 Å². The van der Waals surface area contributed by atoms with Crippen molar-refractivity contribution in [1.29, 1.82) is 0 Å². The van der Waals surface area contributed by atoms with Crippen molar-refractivity contribution in [2.45, 2.75) is 0 Å². The van der Waals surface area contributed by atoms with E-state index in [1.54, 1.807) is 0 Å². The number of rotatable bonds is 8. The van der Waals surface area contributed by atoms with Crippen molar-refractivity contribution in [2.24, 2.45) is 0 Å². The number of para-hydroxylation sites is 2. The van der Waals surface area contributed by atoms with Crippen LogP contribution >= 0.6 is 0 Å². The van der Waals surface area contributed by atoms with Crippen molar-refractivity contribution >= 4 is 38.9 Å². The molecule has 0 spiro atoms. The average Bonchev–Trinajstić information content (AvgIpc) is 3.63. The van der Waals surface area contributed by atoms with Crippen molar-refractivity contribution < 1.29 is 0 Å². The summed E-state index contributed by atoms with van der Waals surface area (Å²) in [5, 5.41) is 2.49. The Hall–Kier alpha value is -7.42. The fourth-order valence-corrected chi connectivity index (χ4v) is 8.27. The van der Waals surface area contributed by atoms with E-state index in [9.17, 15) is 0 Å². The molecule has 1 heterocycles. The van der Waals surface area contributed by atoms with E-state index in [0.717, 1.165) is 28.3 Å². The van der Waals surface area contributed by atoms with Gasteiger partial charge >= 0.3 is 0 Å². The first-order valence-corrected chi connectivity index (χ1v) is 19.2. The molecule has 10 aromatic rings.